The van der Waals surface area contributed by atoms with Gasteiger partial charge in [-0.3, -0.25) is 0 Å². The molecule has 1 N–H and O–H groups in total. The number of fused-ring (bicyclic) bond motifs is 1. The van der Waals surface area contributed by atoms with E-state index in [1.54, 1.807) is 0 Å². The normalized spacial score (nSPS) is 13.2. The number of nitrogens with zero attached hydrogens (tertiary/aromatic N) is 1. The van der Waals surface area contributed by atoms with Gasteiger partial charge in [0.1, 0.15) is 0 Å². The molecule has 2 aromatic rings. The summed E-state index contributed by atoms with van der Waals surface area (Å²) in [5.41, 5.74) is 0. The van der Waals surface area contributed by atoms with Gasteiger partial charge in [0.15, 0.2) is 0 Å². The Kier molecular flexibility index (Phi) is 6.02. The van der Waals surface area contributed by atoms with Crippen molar-refractivity contribution in [3.63, 3.8) is 0 Å². The largest absolute Gasteiger partial charge is 0.308 e. The van der Waals surface area contributed by atoms with E-state index in [4.69, 9.17) is 0 Å². The monoisotopic (exact) mass is 290 g/mol. The number of rotatable bonds is 8. The maximum Gasteiger partial charge on any atom is 0.0386 e. The summed E-state index contributed by atoms with van der Waals surface area (Å²) >= 11 is 1.90. The quantitative estimate of drug-likeness (QED) is 0.780. The van der Waals surface area contributed by atoms with Crippen molar-refractivity contribution in [1.29, 1.82) is 0 Å². The van der Waals surface area contributed by atoms with E-state index in [0.717, 1.165) is 19.6 Å². The van der Waals surface area contributed by atoms with E-state index in [2.05, 4.69) is 61.3 Å². The first-order valence-electron chi connectivity index (χ1n) is 7.68. The maximum atomic E-state index is 3.65. The van der Waals surface area contributed by atoms with Crippen LogP contribution < -0.4 is 5.32 Å². The second-order valence-electron chi connectivity index (χ2n) is 5.30. The predicted molar refractivity (Wildman–Crippen MR) is 90.6 cm³/mol. The molecule has 0 saturated heterocycles. The van der Waals surface area contributed by atoms with Crippen molar-refractivity contribution in [1.82, 2.24) is 10.2 Å². The van der Waals surface area contributed by atoms with Crippen LogP contribution in [0.25, 0.3) is 10.1 Å². The fraction of sp³-hybridized carbons (Fsp3) is 0.529. The number of nitrogens with one attached hydrogen (secondary N) is 1. The van der Waals surface area contributed by atoms with Gasteiger partial charge < -0.3 is 10.2 Å². The Hall–Kier alpha value is -0.900. The fourth-order valence-electron chi connectivity index (χ4n) is 2.50. The van der Waals surface area contributed by atoms with Crippen LogP contribution in [0.4, 0.5) is 0 Å². The first kappa shape index (κ1) is 15.5. The summed E-state index contributed by atoms with van der Waals surface area (Å²) in [5, 5.41) is 5.02. The molecule has 3 heteroatoms. The Balaban J connectivity index is 1.86. The molecule has 0 aliphatic heterocycles. The summed E-state index contributed by atoms with van der Waals surface area (Å²) in [6.07, 6.45) is 1.24. The van der Waals surface area contributed by atoms with Crippen molar-refractivity contribution >= 4 is 21.4 Å². The van der Waals surface area contributed by atoms with Gasteiger partial charge in [-0.25, -0.2) is 0 Å². The second kappa shape index (κ2) is 7.77. The Morgan fingerprint density at radius 2 is 2.00 bits per heavy atom. The van der Waals surface area contributed by atoms with Crippen LogP contribution in [0, 0.1) is 0 Å². The van der Waals surface area contributed by atoms with E-state index < -0.39 is 0 Å². The zero-order valence-corrected chi connectivity index (χ0v) is 13.7. The van der Waals surface area contributed by atoms with Crippen molar-refractivity contribution in [3.05, 3.63) is 35.2 Å². The van der Waals surface area contributed by atoms with Crippen molar-refractivity contribution < 1.29 is 0 Å². The molecule has 2 rings (SSSR count). The zero-order chi connectivity index (χ0) is 14.4. The van der Waals surface area contributed by atoms with Crippen molar-refractivity contribution in [3.8, 4) is 0 Å². The lowest BCUT2D eigenvalue weighted by Crippen LogP contribution is -2.33. The molecule has 110 valence electrons. The van der Waals surface area contributed by atoms with Gasteiger partial charge in [-0.1, -0.05) is 32.0 Å². The standard InChI is InChI=1S/C17H26N2S/c1-4-11-19(5-2)12-10-18-14(3)17-13-15-8-6-7-9-16(15)20-17/h6-9,13-14,18H,4-5,10-12H2,1-3H3. The number of benzene rings is 1. The molecule has 0 amide bonds. The van der Waals surface area contributed by atoms with Gasteiger partial charge in [0.05, 0.1) is 0 Å². The topological polar surface area (TPSA) is 15.3 Å². The molecule has 0 fully saturated rings. The second-order valence-corrected chi connectivity index (χ2v) is 6.41. The van der Waals surface area contributed by atoms with Gasteiger partial charge >= 0.3 is 0 Å². The Bertz CT molecular complexity index is 487. The molecule has 1 heterocycles. The van der Waals surface area contributed by atoms with Crippen LogP contribution in [-0.4, -0.2) is 31.1 Å². The van der Waals surface area contributed by atoms with Gasteiger partial charge in [-0.2, -0.15) is 0 Å². The van der Waals surface area contributed by atoms with Gasteiger partial charge in [-0.05, 0) is 44.0 Å². The summed E-state index contributed by atoms with van der Waals surface area (Å²) in [4.78, 5) is 3.94. The number of hydrogen-bond acceptors (Lipinski definition) is 3. The average Bonchev–Trinajstić information content (AvgIpc) is 2.90. The molecule has 0 spiro atoms. The van der Waals surface area contributed by atoms with E-state index in [9.17, 15) is 0 Å². The lowest BCUT2D eigenvalue weighted by atomic mass is 10.2. The minimum atomic E-state index is 0.438. The van der Waals surface area contributed by atoms with Crippen LogP contribution in [0.1, 0.15) is 38.1 Å². The van der Waals surface area contributed by atoms with Crippen molar-refractivity contribution in [2.75, 3.05) is 26.2 Å². The van der Waals surface area contributed by atoms with Gasteiger partial charge in [0.2, 0.25) is 0 Å². The summed E-state index contributed by atoms with van der Waals surface area (Å²) in [6.45, 7) is 11.3. The molecule has 0 radical (unpaired) electrons. The molecule has 0 bridgehead atoms. The molecule has 0 aliphatic carbocycles. The first-order valence-corrected chi connectivity index (χ1v) is 8.50. The number of thiophene rings is 1. The minimum Gasteiger partial charge on any atom is -0.308 e. The highest BCUT2D eigenvalue weighted by atomic mass is 32.1. The molecule has 20 heavy (non-hydrogen) atoms. The van der Waals surface area contributed by atoms with E-state index in [1.807, 2.05) is 11.3 Å². The lowest BCUT2D eigenvalue weighted by Gasteiger charge is -2.21. The third-order valence-electron chi connectivity index (χ3n) is 3.74. The Labute approximate surface area is 126 Å². The molecule has 1 aromatic heterocycles. The van der Waals surface area contributed by atoms with Crippen LogP contribution in [-0.2, 0) is 0 Å². The van der Waals surface area contributed by atoms with Crippen LogP contribution >= 0.6 is 11.3 Å². The van der Waals surface area contributed by atoms with Crippen LogP contribution in [0.2, 0.25) is 0 Å². The highest BCUT2D eigenvalue weighted by Gasteiger charge is 2.09. The van der Waals surface area contributed by atoms with Crippen LogP contribution in [0.15, 0.2) is 30.3 Å². The smallest absolute Gasteiger partial charge is 0.0386 e. The Morgan fingerprint density at radius 3 is 2.70 bits per heavy atom. The maximum absolute atomic E-state index is 3.65. The van der Waals surface area contributed by atoms with Crippen LogP contribution in [0.3, 0.4) is 0 Å². The molecule has 0 saturated carbocycles. The van der Waals surface area contributed by atoms with E-state index in [0.29, 0.717) is 6.04 Å². The summed E-state index contributed by atoms with van der Waals surface area (Å²) in [5.74, 6) is 0. The molecule has 0 aliphatic rings. The molecular weight excluding hydrogens is 264 g/mol. The lowest BCUT2D eigenvalue weighted by molar-refractivity contribution is 0.284. The molecule has 2 nitrogen and oxygen atoms in total. The zero-order valence-electron chi connectivity index (χ0n) is 12.9. The predicted octanol–water partition coefficient (Wildman–Crippen LogP) is 4.28. The Morgan fingerprint density at radius 1 is 1.20 bits per heavy atom. The summed E-state index contributed by atoms with van der Waals surface area (Å²) in [6, 6.07) is 11.4. The van der Waals surface area contributed by atoms with E-state index in [1.165, 1.54) is 27.9 Å². The van der Waals surface area contributed by atoms with Gasteiger partial charge in [0, 0.05) is 28.7 Å². The summed E-state index contributed by atoms with van der Waals surface area (Å²) in [7, 11) is 0. The highest BCUT2D eigenvalue weighted by Crippen LogP contribution is 2.29. The molecule has 1 unspecified atom stereocenters. The van der Waals surface area contributed by atoms with E-state index >= 15 is 0 Å². The third kappa shape index (κ3) is 4.05. The highest BCUT2D eigenvalue weighted by molar-refractivity contribution is 7.19. The molecule has 1 atom stereocenters. The van der Waals surface area contributed by atoms with Crippen molar-refractivity contribution in [2.45, 2.75) is 33.2 Å². The average molecular weight is 290 g/mol. The number of likely N-dealkylation sites (N-methyl/N-ethyl adjacent to an activating group) is 1. The first-order chi connectivity index (χ1) is 9.74. The van der Waals surface area contributed by atoms with Gasteiger partial charge in [0.25, 0.3) is 0 Å². The van der Waals surface area contributed by atoms with Crippen LogP contribution in [0.5, 0.6) is 0 Å². The third-order valence-corrected chi connectivity index (χ3v) is 5.04. The SMILES string of the molecule is CCCN(CC)CCNC(C)c1cc2ccccc2s1. The fourth-order valence-corrected chi connectivity index (χ4v) is 3.59. The minimum absolute atomic E-state index is 0.438. The molecule has 1 aromatic carbocycles. The van der Waals surface area contributed by atoms with Gasteiger partial charge in [-0.15, -0.1) is 11.3 Å². The molecular formula is C17H26N2S. The summed E-state index contributed by atoms with van der Waals surface area (Å²) < 4.78 is 1.39. The van der Waals surface area contributed by atoms with E-state index in [-0.39, 0.29) is 0 Å². The number of hydrogen-bond donors (Lipinski definition) is 1. The van der Waals surface area contributed by atoms with Crippen molar-refractivity contribution in [2.24, 2.45) is 0 Å².